The Hall–Kier alpha value is -0.840. The number of carbonyl (C=O) groups excluding carboxylic acids is 2. The van der Waals surface area contributed by atoms with Gasteiger partial charge in [0.25, 0.3) is 0 Å². The molecule has 50 heavy (non-hydrogen) atoms. The molecule has 4 unspecified atom stereocenters. The van der Waals surface area contributed by atoms with Gasteiger partial charge in [0.05, 0.1) is 32.2 Å². The number of carbonyl (C=O) groups is 2. The van der Waals surface area contributed by atoms with Crippen molar-refractivity contribution in [2.24, 2.45) is 10.8 Å². The fourth-order valence-electron chi connectivity index (χ4n) is 5.76. The third-order valence-electron chi connectivity index (χ3n) is 7.56. The van der Waals surface area contributed by atoms with E-state index < -0.39 is 66.9 Å². The first-order valence-electron chi connectivity index (χ1n) is 18.1. The fourth-order valence-corrected chi connectivity index (χ4v) is 11.2. The normalized spacial score (nSPS) is 16.3. The number of nitrogens with zero attached hydrogens (tertiary/aromatic N) is 2. The number of unbranched alkanes of at least 4 members (excludes halogenated alkanes) is 3. The SMILES string of the molecule is CCOP(=O)(OCC)C(N(OC(C)C(=O)OCCCCCCOC(=O)C(C)ON(C(C(C)(C)C)P(C)(C)=O)C(C)(C)C)C(C)(C)C)C(C)(C)C. The number of hydrogen-bond acceptors (Lipinski definition) is 12. The molecule has 298 valence electrons. The van der Waals surface area contributed by atoms with E-state index in [1.165, 1.54) is 0 Å². The minimum absolute atomic E-state index is 0.201. The summed E-state index contributed by atoms with van der Waals surface area (Å²) in [6, 6.07) is 0. The Kier molecular flexibility index (Phi) is 19.7. The smallest absolute Gasteiger partial charge is 0.350 e. The van der Waals surface area contributed by atoms with E-state index in [9.17, 15) is 18.7 Å². The van der Waals surface area contributed by atoms with Gasteiger partial charge in [0.1, 0.15) is 12.9 Å². The molecule has 0 saturated carbocycles. The maximum Gasteiger partial charge on any atom is 0.350 e. The molecule has 0 aromatic rings. The van der Waals surface area contributed by atoms with Crippen LogP contribution < -0.4 is 0 Å². The Bertz CT molecular complexity index is 1120. The lowest BCUT2D eigenvalue weighted by molar-refractivity contribution is -0.263. The van der Waals surface area contributed by atoms with E-state index in [0.29, 0.717) is 12.8 Å². The van der Waals surface area contributed by atoms with Crippen molar-refractivity contribution in [3.63, 3.8) is 0 Å². The maximum atomic E-state index is 14.0. The molecule has 0 amide bonds. The summed E-state index contributed by atoms with van der Waals surface area (Å²) in [4.78, 5) is 38.1. The zero-order valence-electron chi connectivity index (χ0n) is 34.8. The summed E-state index contributed by atoms with van der Waals surface area (Å²) in [6.07, 6.45) is 0.989. The van der Waals surface area contributed by atoms with E-state index in [0.717, 1.165) is 12.8 Å². The molecule has 0 N–H and O–H groups in total. The first-order chi connectivity index (χ1) is 22.4. The molecular weight excluding hydrogens is 682 g/mol. The highest BCUT2D eigenvalue weighted by molar-refractivity contribution is 7.63. The monoisotopic (exact) mass is 756 g/mol. The molecule has 0 bridgehead atoms. The Morgan fingerprint density at radius 1 is 0.580 bits per heavy atom. The molecule has 0 radical (unpaired) electrons. The summed E-state index contributed by atoms with van der Waals surface area (Å²) in [6.45, 7) is 34.7. The van der Waals surface area contributed by atoms with Crippen LogP contribution in [0.2, 0.25) is 0 Å². The zero-order valence-corrected chi connectivity index (χ0v) is 36.6. The van der Waals surface area contributed by atoms with Crippen LogP contribution in [0.25, 0.3) is 0 Å². The van der Waals surface area contributed by atoms with Gasteiger partial charge in [0, 0.05) is 11.1 Å². The fraction of sp³-hybridized carbons (Fsp3) is 0.944. The molecule has 14 heteroatoms. The second-order valence-electron chi connectivity index (χ2n) is 17.5. The molecule has 0 spiro atoms. The van der Waals surface area contributed by atoms with Crippen molar-refractivity contribution in [1.29, 1.82) is 0 Å². The Morgan fingerprint density at radius 2 is 0.900 bits per heavy atom. The summed E-state index contributed by atoms with van der Waals surface area (Å²) >= 11 is 0. The lowest BCUT2D eigenvalue weighted by Crippen LogP contribution is -2.55. The van der Waals surface area contributed by atoms with Crippen LogP contribution in [0.4, 0.5) is 0 Å². The van der Waals surface area contributed by atoms with Gasteiger partial charge in [-0.2, -0.15) is 10.1 Å². The quantitative estimate of drug-likeness (QED) is 0.0479. The predicted molar refractivity (Wildman–Crippen MR) is 201 cm³/mol. The van der Waals surface area contributed by atoms with Crippen molar-refractivity contribution in [2.75, 3.05) is 39.8 Å². The topological polar surface area (TPSA) is 130 Å². The molecule has 0 aromatic carbocycles. The number of hydroxylamine groups is 4. The Balaban J connectivity index is 5.06. The van der Waals surface area contributed by atoms with Gasteiger partial charge in [-0.15, -0.1) is 0 Å². The molecule has 12 nitrogen and oxygen atoms in total. The third kappa shape index (κ3) is 16.4. The molecule has 0 aliphatic carbocycles. The van der Waals surface area contributed by atoms with Crippen LogP contribution in [0.1, 0.15) is 136 Å². The summed E-state index contributed by atoms with van der Waals surface area (Å²) in [5.41, 5.74) is -2.09. The summed E-state index contributed by atoms with van der Waals surface area (Å²) in [5.74, 6) is -2.20. The Labute approximate surface area is 305 Å². The van der Waals surface area contributed by atoms with E-state index in [2.05, 4.69) is 0 Å². The lowest BCUT2D eigenvalue weighted by Gasteiger charge is -2.48. The van der Waals surface area contributed by atoms with Crippen LogP contribution in [0.5, 0.6) is 0 Å². The number of hydrogen-bond donors (Lipinski definition) is 0. The Morgan fingerprint density at radius 3 is 1.16 bits per heavy atom. The van der Waals surface area contributed by atoms with E-state index in [-0.39, 0.29) is 31.8 Å². The van der Waals surface area contributed by atoms with Gasteiger partial charge in [-0.3, -0.25) is 14.2 Å². The number of ether oxygens (including phenoxy) is 2. The van der Waals surface area contributed by atoms with Gasteiger partial charge in [-0.05, 0) is 119 Å². The van der Waals surface area contributed by atoms with Crippen molar-refractivity contribution in [1.82, 2.24) is 10.1 Å². The van der Waals surface area contributed by atoms with Gasteiger partial charge in [0.15, 0.2) is 12.2 Å². The van der Waals surface area contributed by atoms with Crippen LogP contribution >= 0.6 is 14.7 Å². The second kappa shape index (κ2) is 20.0. The lowest BCUT2D eigenvalue weighted by atomic mass is 9.94. The third-order valence-corrected chi connectivity index (χ3v) is 12.5. The molecule has 0 fully saturated rings. The summed E-state index contributed by atoms with van der Waals surface area (Å²) < 4.78 is 49.8. The molecule has 0 aromatic heterocycles. The van der Waals surface area contributed by atoms with Crippen molar-refractivity contribution < 1.29 is 46.9 Å². The summed E-state index contributed by atoms with van der Waals surface area (Å²) in [7, 11) is -6.31. The van der Waals surface area contributed by atoms with Crippen LogP contribution in [-0.4, -0.2) is 96.7 Å². The highest BCUT2D eigenvalue weighted by Crippen LogP contribution is 2.61. The molecule has 0 heterocycles. The molecule has 0 aliphatic heterocycles. The predicted octanol–water partition coefficient (Wildman–Crippen LogP) is 9.11. The number of esters is 2. The molecule has 0 saturated heterocycles. The van der Waals surface area contributed by atoms with Crippen LogP contribution in [0.15, 0.2) is 0 Å². The van der Waals surface area contributed by atoms with Gasteiger partial charge in [-0.25, -0.2) is 9.59 Å². The van der Waals surface area contributed by atoms with Gasteiger partial charge in [0.2, 0.25) is 0 Å². The van der Waals surface area contributed by atoms with Crippen LogP contribution in [-0.2, 0) is 46.9 Å². The van der Waals surface area contributed by atoms with Crippen LogP contribution in [0, 0.1) is 10.8 Å². The van der Waals surface area contributed by atoms with E-state index in [4.69, 9.17) is 28.2 Å². The van der Waals surface area contributed by atoms with Gasteiger partial charge >= 0.3 is 19.5 Å². The number of rotatable bonds is 21. The largest absolute Gasteiger partial charge is 0.464 e. The minimum Gasteiger partial charge on any atom is -0.464 e. The van der Waals surface area contributed by atoms with Gasteiger partial charge < -0.3 is 23.1 Å². The van der Waals surface area contributed by atoms with Crippen molar-refractivity contribution in [2.45, 2.75) is 171 Å². The van der Waals surface area contributed by atoms with E-state index >= 15 is 0 Å². The van der Waals surface area contributed by atoms with Crippen LogP contribution in [0.3, 0.4) is 0 Å². The highest BCUT2D eigenvalue weighted by atomic mass is 31.2. The van der Waals surface area contributed by atoms with E-state index in [1.807, 2.05) is 83.1 Å². The average molecular weight is 757 g/mol. The first-order valence-corrected chi connectivity index (χ1v) is 22.4. The molecule has 0 rings (SSSR count). The minimum atomic E-state index is -3.67. The van der Waals surface area contributed by atoms with Crippen molar-refractivity contribution >= 4 is 26.7 Å². The van der Waals surface area contributed by atoms with Crippen molar-refractivity contribution in [3.8, 4) is 0 Å². The second-order valence-corrected chi connectivity index (χ2v) is 23.0. The highest BCUT2D eigenvalue weighted by Gasteiger charge is 2.52. The molecular formula is C36H74N2O10P2. The standard InChI is InChI=1S/C36H74N2O10P2/c1-19-45-50(42,46-20-2)32(34(8,9)10)38(36(14,15)16)48-28(4)30(40)44-26-24-22-21-23-25-43-29(39)27(3)47-37(35(11,12)13)31(33(5,6)7)49(17,18)41/h27-28,31-32H,19-26H2,1-18H3. The maximum absolute atomic E-state index is 14.0. The zero-order chi connectivity index (χ0) is 39.5. The molecule has 0 aliphatic rings. The van der Waals surface area contributed by atoms with Crippen molar-refractivity contribution in [3.05, 3.63) is 0 Å². The first kappa shape index (κ1) is 49.2. The molecule has 4 atom stereocenters. The van der Waals surface area contributed by atoms with Gasteiger partial charge in [-0.1, -0.05) is 41.5 Å². The van der Waals surface area contributed by atoms with E-state index in [1.54, 1.807) is 51.2 Å². The summed E-state index contributed by atoms with van der Waals surface area (Å²) in [5, 5.41) is 3.30. The average Bonchev–Trinajstić information content (AvgIpc) is 2.90.